The third kappa shape index (κ3) is 6.45. The third-order valence-corrected chi connectivity index (χ3v) is 4.04. The van der Waals surface area contributed by atoms with E-state index in [0.717, 1.165) is 6.07 Å². The number of hydrogen-bond donors (Lipinski definition) is 4. The number of nitrogens with one attached hydrogen (secondary N) is 2. The maximum absolute atomic E-state index is 14.4. The molecule has 11 heteroatoms. The number of carbonyl (C=O) groups is 4. The summed E-state index contributed by atoms with van der Waals surface area (Å²) >= 11 is 5.96. The second-order valence-corrected chi connectivity index (χ2v) is 6.44. The van der Waals surface area contributed by atoms with Crippen LogP contribution in [-0.2, 0) is 20.9 Å². The van der Waals surface area contributed by atoms with Crippen molar-refractivity contribution < 1.29 is 33.1 Å². The SMILES string of the molecule is NC(=O)C[C@H](NC(=O)c1c(F)cc(CNC(=O)C=Cc2ccco2)cc1Cl)C(=O)O. The molecule has 1 atom stereocenters. The number of carboxylic acid groups (broad SMARTS) is 1. The zero-order chi connectivity index (χ0) is 22.3. The van der Waals surface area contributed by atoms with Crippen LogP contribution in [0.1, 0.15) is 28.1 Å². The van der Waals surface area contributed by atoms with Crippen LogP contribution in [0.15, 0.2) is 41.0 Å². The van der Waals surface area contributed by atoms with Crippen molar-refractivity contribution in [2.24, 2.45) is 5.73 Å². The van der Waals surface area contributed by atoms with Gasteiger partial charge >= 0.3 is 5.97 Å². The fourth-order valence-corrected chi connectivity index (χ4v) is 2.68. The summed E-state index contributed by atoms with van der Waals surface area (Å²) < 4.78 is 19.5. The largest absolute Gasteiger partial charge is 0.480 e. The summed E-state index contributed by atoms with van der Waals surface area (Å²) in [6.07, 6.45) is 3.45. The lowest BCUT2D eigenvalue weighted by molar-refractivity contribution is -0.140. The molecule has 0 spiro atoms. The Morgan fingerprint density at radius 2 is 2.03 bits per heavy atom. The van der Waals surface area contributed by atoms with E-state index in [4.69, 9.17) is 26.9 Å². The number of carboxylic acids is 1. The lowest BCUT2D eigenvalue weighted by Crippen LogP contribution is -2.43. The number of amides is 3. The molecule has 0 unspecified atom stereocenters. The van der Waals surface area contributed by atoms with E-state index in [2.05, 4.69) is 5.32 Å². The van der Waals surface area contributed by atoms with Gasteiger partial charge in [0.2, 0.25) is 11.8 Å². The molecule has 0 radical (unpaired) electrons. The van der Waals surface area contributed by atoms with Gasteiger partial charge in [0.15, 0.2) is 0 Å². The van der Waals surface area contributed by atoms with E-state index in [1.165, 1.54) is 24.5 Å². The van der Waals surface area contributed by atoms with Crippen LogP contribution in [0.4, 0.5) is 4.39 Å². The van der Waals surface area contributed by atoms with Crippen molar-refractivity contribution in [3.8, 4) is 0 Å². The molecule has 9 nitrogen and oxygen atoms in total. The highest BCUT2D eigenvalue weighted by atomic mass is 35.5. The van der Waals surface area contributed by atoms with E-state index in [9.17, 15) is 23.6 Å². The van der Waals surface area contributed by atoms with E-state index in [0.29, 0.717) is 5.76 Å². The highest BCUT2D eigenvalue weighted by Gasteiger charge is 2.25. The first-order valence-electron chi connectivity index (χ1n) is 8.46. The average Bonchev–Trinajstić information content (AvgIpc) is 3.16. The molecular weight excluding hydrogens is 421 g/mol. The maximum atomic E-state index is 14.4. The molecule has 1 heterocycles. The minimum Gasteiger partial charge on any atom is -0.480 e. The van der Waals surface area contributed by atoms with Gasteiger partial charge in [-0.15, -0.1) is 0 Å². The first-order chi connectivity index (χ1) is 14.2. The van der Waals surface area contributed by atoms with Crippen molar-refractivity contribution in [3.05, 3.63) is 64.3 Å². The average molecular weight is 438 g/mol. The van der Waals surface area contributed by atoms with E-state index in [1.54, 1.807) is 12.1 Å². The molecule has 0 fully saturated rings. The Morgan fingerprint density at radius 1 is 1.30 bits per heavy atom. The number of aliphatic carboxylic acids is 1. The van der Waals surface area contributed by atoms with Crippen molar-refractivity contribution in [3.63, 3.8) is 0 Å². The zero-order valence-electron chi connectivity index (χ0n) is 15.4. The smallest absolute Gasteiger partial charge is 0.326 e. The minimum absolute atomic E-state index is 0.0840. The molecule has 5 N–H and O–H groups in total. The Kier molecular flexibility index (Phi) is 7.70. The van der Waals surface area contributed by atoms with Crippen molar-refractivity contribution in [2.45, 2.75) is 19.0 Å². The van der Waals surface area contributed by atoms with Crippen LogP contribution < -0.4 is 16.4 Å². The molecule has 0 saturated carbocycles. The molecule has 1 aromatic heterocycles. The summed E-state index contributed by atoms with van der Waals surface area (Å²) in [7, 11) is 0. The van der Waals surface area contributed by atoms with Gasteiger partial charge in [-0.3, -0.25) is 14.4 Å². The van der Waals surface area contributed by atoms with E-state index in [-0.39, 0.29) is 17.1 Å². The molecule has 3 amide bonds. The summed E-state index contributed by atoms with van der Waals surface area (Å²) in [6, 6.07) is 3.90. The Bertz CT molecular complexity index is 967. The Balaban J connectivity index is 2.05. The minimum atomic E-state index is -1.63. The first kappa shape index (κ1) is 22.6. The van der Waals surface area contributed by atoms with Crippen LogP contribution in [0.5, 0.6) is 0 Å². The normalized spacial score (nSPS) is 11.8. The van der Waals surface area contributed by atoms with Crippen LogP contribution in [0.25, 0.3) is 6.08 Å². The van der Waals surface area contributed by atoms with Crippen LogP contribution in [0.2, 0.25) is 5.02 Å². The van der Waals surface area contributed by atoms with Gasteiger partial charge < -0.3 is 25.9 Å². The van der Waals surface area contributed by atoms with Crippen LogP contribution >= 0.6 is 11.6 Å². The monoisotopic (exact) mass is 437 g/mol. The van der Waals surface area contributed by atoms with E-state index < -0.39 is 47.5 Å². The van der Waals surface area contributed by atoms with Gasteiger partial charge in [-0.1, -0.05) is 11.6 Å². The van der Waals surface area contributed by atoms with Gasteiger partial charge in [0.1, 0.15) is 17.6 Å². The van der Waals surface area contributed by atoms with Crippen molar-refractivity contribution in [1.29, 1.82) is 0 Å². The second kappa shape index (κ2) is 10.2. The Morgan fingerprint density at radius 3 is 2.60 bits per heavy atom. The van der Waals surface area contributed by atoms with E-state index >= 15 is 0 Å². The lowest BCUT2D eigenvalue weighted by Gasteiger charge is -2.14. The summed E-state index contributed by atoms with van der Waals surface area (Å²) in [5.41, 5.74) is 4.60. The zero-order valence-corrected chi connectivity index (χ0v) is 16.1. The molecule has 0 aliphatic heterocycles. The van der Waals surface area contributed by atoms with Gasteiger partial charge in [0.25, 0.3) is 5.91 Å². The lowest BCUT2D eigenvalue weighted by atomic mass is 10.1. The number of carbonyl (C=O) groups excluding carboxylic acids is 3. The number of furan rings is 1. The molecule has 2 rings (SSSR count). The van der Waals surface area contributed by atoms with Crippen molar-refractivity contribution in [2.75, 3.05) is 0 Å². The molecule has 30 heavy (non-hydrogen) atoms. The Hall–Kier alpha value is -3.66. The Labute approximate surface area is 174 Å². The van der Waals surface area contributed by atoms with Crippen molar-refractivity contribution in [1.82, 2.24) is 10.6 Å². The number of hydrogen-bond acceptors (Lipinski definition) is 5. The number of rotatable bonds is 9. The summed E-state index contributed by atoms with van der Waals surface area (Å²) in [6.45, 7) is -0.0840. The van der Waals surface area contributed by atoms with E-state index in [1.807, 2.05) is 5.32 Å². The van der Waals surface area contributed by atoms with Gasteiger partial charge in [0, 0.05) is 12.6 Å². The molecular formula is C19H17ClFN3O6. The summed E-state index contributed by atoms with van der Waals surface area (Å²) in [5, 5.41) is 13.2. The van der Waals surface area contributed by atoms with Crippen molar-refractivity contribution >= 4 is 41.4 Å². The third-order valence-electron chi connectivity index (χ3n) is 3.75. The van der Waals surface area contributed by atoms with Gasteiger partial charge in [-0.05, 0) is 35.9 Å². The van der Waals surface area contributed by atoms with Crippen LogP contribution in [0.3, 0.4) is 0 Å². The molecule has 0 saturated heterocycles. The van der Waals surface area contributed by atoms with Gasteiger partial charge in [-0.25, -0.2) is 9.18 Å². The molecule has 0 bridgehead atoms. The fourth-order valence-electron chi connectivity index (χ4n) is 2.37. The second-order valence-electron chi connectivity index (χ2n) is 6.04. The predicted octanol–water partition coefficient (Wildman–Crippen LogP) is 1.46. The summed E-state index contributed by atoms with van der Waals surface area (Å²) in [5.74, 6) is -4.62. The first-order valence-corrected chi connectivity index (χ1v) is 8.84. The number of benzene rings is 1. The van der Waals surface area contributed by atoms with Crippen LogP contribution in [-0.4, -0.2) is 34.8 Å². The highest BCUT2D eigenvalue weighted by molar-refractivity contribution is 6.34. The van der Waals surface area contributed by atoms with Gasteiger partial charge in [-0.2, -0.15) is 0 Å². The highest BCUT2D eigenvalue weighted by Crippen LogP contribution is 2.22. The summed E-state index contributed by atoms with van der Waals surface area (Å²) in [4.78, 5) is 46.0. The topological polar surface area (TPSA) is 152 Å². The molecule has 0 aliphatic carbocycles. The number of halogens is 2. The quantitative estimate of drug-likeness (QED) is 0.436. The van der Waals surface area contributed by atoms with Crippen LogP contribution in [0, 0.1) is 5.82 Å². The standard InChI is InChI=1S/C19H17ClFN3O6/c20-12-6-10(9-23-16(26)4-3-11-2-1-5-30-11)7-13(21)17(12)18(27)24-14(19(28)29)8-15(22)25/h1-7,14H,8-9H2,(H2,22,25)(H,23,26)(H,24,27)(H,28,29)/t14-/m0/s1. The molecule has 2 aromatic rings. The predicted molar refractivity (Wildman–Crippen MR) is 104 cm³/mol. The number of nitrogens with two attached hydrogens (primary N) is 1. The fraction of sp³-hybridized carbons (Fsp3) is 0.158. The molecule has 0 aliphatic rings. The van der Waals surface area contributed by atoms with Gasteiger partial charge in [0.05, 0.1) is 23.3 Å². The molecule has 1 aromatic carbocycles. The molecule has 158 valence electrons. The maximum Gasteiger partial charge on any atom is 0.326 e. The number of primary amides is 1.